The van der Waals surface area contributed by atoms with Crippen LogP contribution in [0.4, 0.5) is 11.6 Å². The van der Waals surface area contributed by atoms with Crippen molar-refractivity contribution < 1.29 is 14.3 Å². The number of fused-ring (bicyclic) bond motifs is 1. The van der Waals surface area contributed by atoms with E-state index in [2.05, 4.69) is 20.6 Å². The van der Waals surface area contributed by atoms with Crippen LogP contribution in [0, 0.1) is 0 Å². The summed E-state index contributed by atoms with van der Waals surface area (Å²) in [7, 11) is 1.57. The van der Waals surface area contributed by atoms with Crippen molar-refractivity contribution in [1.82, 2.24) is 19.7 Å². The Morgan fingerprint density at radius 1 is 1.16 bits per heavy atom. The van der Waals surface area contributed by atoms with Crippen LogP contribution < -0.4 is 20.1 Å². The molecule has 11 heteroatoms. The minimum absolute atomic E-state index is 0.312. The SMILES string of the molecule is CCOc1ccc(C2C(C(=O)Nc3cccnc3)=C(C)Nc3nc(-c4ccc(Cl)cc4Cl)nn32)cc1OC. The highest BCUT2D eigenvalue weighted by atomic mass is 35.5. The predicted molar refractivity (Wildman–Crippen MR) is 147 cm³/mol. The van der Waals surface area contributed by atoms with Crippen LogP contribution >= 0.6 is 23.2 Å². The van der Waals surface area contributed by atoms with Gasteiger partial charge in [-0.2, -0.15) is 4.98 Å². The third-order valence-corrected chi connectivity index (χ3v) is 6.54. The summed E-state index contributed by atoms with van der Waals surface area (Å²) in [6.45, 7) is 4.21. The fraction of sp³-hybridized carbons (Fsp3) is 0.185. The van der Waals surface area contributed by atoms with Gasteiger partial charge in [0, 0.05) is 22.5 Å². The molecule has 194 valence electrons. The van der Waals surface area contributed by atoms with Crippen LogP contribution in [0.15, 0.2) is 72.2 Å². The molecule has 0 spiro atoms. The van der Waals surface area contributed by atoms with Crippen LogP contribution in [-0.4, -0.2) is 39.4 Å². The zero-order chi connectivity index (χ0) is 26.8. The lowest BCUT2D eigenvalue weighted by Crippen LogP contribution is -2.31. The van der Waals surface area contributed by atoms with Crippen LogP contribution in [-0.2, 0) is 4.79 Å². The normalized spacial score (nSPS) is 14.5. The molecular formula is C27H24Cl2N6O3. The fourth-order valence-electron chi connectivity index (χ4n) is 4.30. The molecule has 9 nitrogen and oxygen atoms in total. The second-order valence-electron chi connectivity index (χ2n) is 8.43. The molecule has 3 heterocycles. The van der Waals surface area contributed by atoms with Gasteiger partial charge >= 0.3 is 0 Å². The predicted octanol–water partition coefficient (Wildman–Crippen LogP) is 5.98. The van der Waals surface area contributed by atoms with Crippen molar-refractivity contribution in [3.8, 4) is 22.9 Å². The van der Waals surface area contributed by atoms with Gasteiger partial charge < -0.3 is 20.1 Å². The monoisotopic (exact) mass is 550 g/mol. The zero-order valence-electron chi connectivity index (χ0n) is 20.8. The summed E-state index contributed by atoms with van der Waals surface area (Å²) in [5.74, 6) is 1.67. The molecule has 2 aromatic heterocycles. The lowest BCUT2D eigenvalue weighted by molar-refractivity contribution is -0.113. The minimum Gasteiger partial charge on any atom is -0.493 e. The van der Waals surface area contributed by atoms with Crippen molar-refractivity contribution >= 4 is 40.7 Å². The Labute approximate surface area is 229 Å². The summed E-state index contributed by atoms with van der Waals surface area (Å²) in [5, 5.41) is 11.9. The number of benzene rings is 2. The Morgan fingerprint density at radius 3 is 2.71 bits per heavy atom. The van der Waals surface area contributed by atoms with Gasteiger partial charge in [0.15, 0.2) is 17.3 Å². The third-order valence-electron chi connectivity index (χ3n) is 5.99. The maximum Gasteiger partial charge on any atom is 0.255 e. The first kappa shape index (κ1) is 25.6. The molecular weight excluding hydrogens is 527 g/mol. The van der Waals surface area contributed by atoms with E-state index < -0.39 is 6.04 Å². The van der Waals surface area contributed by atoms with Gasteiger partial charge in [0.25, 0.3) is 5.91 Å². The van der Waals surface area contributed by atoms with E-state index in [1.54, 1.807) is 54.5 Å². The van der Waals surface area contributed by atoms with Crippen molar-refractivity contribution in [2.45, 2.75) is 19.9 Å². The largest absolute Gasteiger partial charge is 0.493 e. The van der Waals surface area contributed by atoms with Gasteiger partial charge in [0.1, 0.15) is 6.04 Å². The Hall–Kier alpha value is -4.08. The number of halogens is 2. The smallest absolute Gasteiger partial charge is 0.255 e. The summed E-state index contributed by atoms with van der Waals surface area (Å²) in [5.41, 5.74) is 3.01. The van der Waals surface area contributed by atoms with Crippen molar-refractivity contribution in [3.05, 3.63) is 87.8 Å². The molecule has 0 bridgehead atoms. The fourth-order valence-corrected chi connectivity index (χ4v) is 4.80. The Morgan fingerprint density at radius 2 is 2.00 bits per heavy atom. The lowest BCUT2D eigenvalue weighted by atomic mass is 9.94. The summed E-state index contributed by atoms with van der Waals surface area (Å²) in [6.07, 6.45) is 3.23. The second kappa shape index (κ2) is 10.7. The number of anilines is 2. The van der Waals surface area contributed by atoms with E-state index in [0.717, 1.165) is 5.56 Å². The molecule has 1 unspecified atom stereocenters. The van der Waals surface area contributed by atoms with Crippen LogP contribution in [0.2, 0.25) is 10.0 Å². The highest BCUT2D eigenvalue weighted by Gasteiger charge is 2.35. The maximum atomic E-state index is 13.7. The van der Waals surface area contributed by atoms with E-state index in [1.165, 1.54) is 0 Å². The van der Waals surface area contributed by atoms with E-state index in [4.69, 9.17) is 37.8 Å². The molecule has 2 N–H and O–H groups in total. The summed E-state index contributed by atoms with van der Waals surface area (Å²) in [6, 6.07) is 13.5. The molecule has 1 aliphatic heterocycles. The van der Waals surface area contributed by atoms with Gasteiger partial charge in [-0.05, 0) is 61.9 Å². The summed E-state index contributed by atoms with van der Waals surface area (Å²) >= 11 is 12.6. The quantitative estimate of drug-likeness (QED) is 0.291. The minimum atomic E-state index is -0.639. The van der Waals surface area contributed by atoms with E-state index in [0.29, 0.717) is 62.4 Å². The number of carbonyl (C=O) groups excluding carboxylic acids is 1. The average Bonchev–Trinajstić information content (AvgIpc) is 3.32. The number of carbonyl (C=O) groups is 1. The van der Waals surface area contributed by atoms with Gasteiger partial charge in [-0.25, -0.2) is 4.68 Å². The first-order chi connectivity index (χ1) is 18.4. The maximum absolute atomic E-state index is 13.7. The number of pyridine rings is 1. The molecule has 0 saturated carbocycles. The molecule has 0 radical (unpaired) electrons. The molecule has 0 saturated heterocycles. The van der Waals surface area contributed by atoms with Crippen LogP contribution in [0.3, 0.4) is 0 Å². The van der Waals surface area contributed by atoms with E-state index >= 15 is 0 Å². The average molecular weight is 551 g/mol. The number of ether oxygens (including phenoxy) is 2. The molecule has 1 amide bonds. The molecule has 0 aliphatic carbocycles. The number of nitrogens with one attached hydrogen (secondary N) is 2. The lowest BCUT2D eigenvalue weighted by Gasteiger charge is -2.29. The third kappa shape index (κ3) is 4.90. The van der Waals surface area contributed by atoms with Crippen molar-refractivity contribution in [3.63, 3.8) is 0 Å². The molecule has 4 aromatic rings. The zero-order valence-corrected chi connectivity index (χ0v) is 22.3. The van der Waals surface area contributed by atoms with Gasteiger partial charge in [-0.1, -0.05) is 29.3 Å². The van der Waals surface area contributed by atoms with Gasteiger partial charge in [-0.3, -0.25) is 9.78 Å². The number of allylic oxidation sites excluding steroid dienone is 1. The number of methoxy groups -OCH3 is 1. The van der Waals surface area contributed by atoms with E-state index in [-0.39, 0.29) is 5.91 Å². The Kier molecular flexibility index (Phi) is 7.22. The summed E-state index contributed by atoms with van der Waals surface area (Å²) < 4.78 is 13.0. The highest BCUT2D eigenvalue weighted by molar-refractivity contribution is 6.36. The highest BCUT2D eigenvalue weighted by Crippen LogP contribution is 2.40. The number of amides is 1. The van der Waals surface area contributed by atoms with Gasteiger partial charge in [0.05, 0.1) is 36.2 Å². The number of aromatic nitrogens is 4. The number of rotatable bonds is 7. The molecule has 1 atom stereocenters. The van der Waals surface area contributed by atoms with Gasteiger partial charge in [-0.15, -0.1) is 5.10 Å². The standard InChI is InChI=1S/C27H24Cl2N6O3/c1-4-38-21-10-7-16(12-22(21)37-3)24-23(26(36)32-18-6-5-11-30-14-18)15(2)31-27-33-25(34-35(24)27)19-9-8-17(28)13-20(19)29/h5-14,24H,4H2,1-3H3,(H,32,36)(H,31,33,34). The summed E-state index contributed by atoms with van der Waals surface area (Å²) in [4.78, 5) is 22.5. The van der Waals surface area contributed by atoms with E-state index in [1.807, 2.05) is 32.0 Å². The molecule has 1 aliphatic rings. The molecule has 0 fully saturated rings. The second-order valence-corrected chi connectivity index (χ2v) is 9.28. The van der Waals surface area contributed by atoms with Crippen LogP contribution in [0.1, 0.15) is 25.5 Å². The van der Waals surface area contributed by atoms with Crippen molar-refractivity contribution in [2.75, 3.05) is 24.4 Å². The first-order valence-corrected chi connectivity index (χ1v) is 12.6. The molecule has 5 rings (SSSR count). The van der Waals surface area contributed by atoms with Crippen LogP contribution in [0.5, 0.6) is 11.5 Å². The van der Waals surface area contributed by atoms with E-state index in [9.17, 15) is 4.79 Å². The number of nitrogens with zero attached hydrogens (tertiary/aromatic N) is 4. The first-order valence-electron chi connectivity index (χ1n) is 11.8. The topological polar surface area (TPSA) is 103 Å². The van der Waals surface area contributed by atoms with Crippen molar-refractivity contribution in [1.29, 1.82) is 0 Å². The van der Waals surface area contributed by atoms with Crippen molar-refractivity contribution in [2.24, 2.45) is 0 Å². The number of hydrogen-bond acceptors (Lipinski definition) is 7. The molecule has 2 aromatic carbocycles. The van der Waals surface area contributed by atoms with Crippen LogP contribution in [0.25, 0.3) is 11.4 Å². The van der Waals surface area contributed by atoms with Gasteiger partial charge in [0.2, 0.25) is 5.95 Å². The Bertz CT molecular complexity index is 1540. The molecule has 38 heavy (non-hydrogen) atoms. The number of hydrogen-bond donors (Lipinski definition) is 2. The Balaban J connectivity index is 1.64.